The number of nitrogens with one attached hydrogen (secondary N) is 1. The Labute approximate surface area is 154 Å². The van der Waals surface area contributed by atoms with Gasteiger partial charge in [0.25, 0.3) is 0 Å². The monoisotopic (exact) mass is 396 g/mol. The second-order valence-corrected chi connectivity index (χ2v) is 6.55. The van der Waals surface area contributed by atoms with E-state index in [0.717, 1.165) is 18.2 Å². The Bertz CT molecular complexity index is 959. The summed E-state index contributed by atoms with van der Waals surface area (Å²) in [5, 5.41) is 13.5. The molecule has 0 spiro atoms. The predicted octanol–water partition coefficient (Wildman–Crippen LogP) is 2.94. The van der Waals surface area contributed by atoms with Crippen molar-refractivity contribution < 1.29 is 31.8 Å². The van der Waals surface area contributed by atoms with Gasteiger partial charge in [-0.15, -0.1) is 0 Å². The zero-order chi connectivity index (χ0) is 20.0. The van der Waals surface area contributed by atoms with Gasteiger partial charge in [-0.2, -0.15) is 8.42 Å². The molecule has 0 heterocycles. The molecular weight excluding hydrogens is 380 g/mol. The number of rotatable bonds is 7. The third-order valence-electron chi connectivity index (χ3n) is 3.20. The van der Waals surface area contributed by atoms with Gasteiger partial charge < -0.3 is 13.7 Å². The number of nitro benzene ring substituents is 1. The molecule has 10 nitrogen and oxygen atoms in total. The van der Waals surface area contributed by atoms with Gasteiger partial charge in [0, 0.05) is 17.8 Å². The fourth-order valence-corrected chi connectivity index (χ4v) is 3.00. The van der Waals surface area contributed by atoms with Crippen molar-refractivity contribution in [3.8, 4) is 11.5 Å². The molecule has 0 aliphatic rings. The standard InChI is InChI=1S/C16H16N2O8S/c1-3-25-16(19)17-11-5-4-6-12(9-11)26-27(22,23)13-7-8-15(24-2)14(10-13)18(20)21/h4-10H,3H2,1-2H3,(H,17,19). The van der Waals surface area contributed by atoms with Crippen molar-refractivity contribution in [2.45, 2.75) is 11.8 Å². The van der Waals surface area contributed by atoms with E-state index in [1.807, 2.05) is 0 Å². The first-order chi connectivity index (χ1) is 12.8. The molecule has 11 heteroatoms. The van der Waals surface area contributed by atoms with Crippen LogP contribution in [0.4, 0.5) is 16.2 Å². The molecule has 0 atom stereocenters. The van der Waals surface area contributed by atoms with Crippen LogP contribution in [0, 0.1) is 10.1 Å². The number of ether oxygens (including phenoxy) is 2. The van der Waals surface area contributed by atoms with Gasteiger partial charge in [0.15, 0.2) is 5.75 Å². The van der Waals surface area contributed by atoms with Crippen LogP contribution in [0.3, 0.4) is 0 Å². The number of amides is 1. The molecule has 2 aromatic carbocycles. The first kappa shape index (κ1) is 20.0. The van der Waals surface area contributed by atoms with Crippen LogP contribution in [0.15, 0.2) is 47.4 Å². The summed E-state index contributed by atoms with van der Waals surface area (Å²) >= 11 is 0. The summed E-state index contributed by atoms with van der Waals surface area (Å²) in [7, 11) is -3.12. The molecule has 0 aliphatic carbocycles. The Balaban J connectivity index is 2.27. The Hall–Kier alpha value is -3.34. The first-order valence-corrected chi connectivity index (χ1v) is 8.98. The highest BCUT2D eigenvalue weighted by Gasteiger charge is 2.23. The molecule has 0 saturated carbocycles. The summed E-state index contributed by atoms with van der Waals surface area (Å²) in [6.45, 7) is 1.81. The van der Waals surface area contributed by atoms with E-state index >= 15 is 0 Å². The minimum absolute atomic E-state index is 0.0837. The fourth-order valence-electron chi connectivity index (χ4n) is 2.05. The van der Waals surface area contributed by atoms with E-state index in [0.29, 0.717) is 0 Å². The van der Waals surface area contributed by atoms with E-state index in [9.17, 15) is 23.3 Å². The van der Waals surface area contributed by atoms with Crippen LogP contribution in [0.25, 0.3) is 0 Å². The highest BCUT2D eigenvalue weighted by Crippen LogP contribution is 2.30. The number of nitrogens with zero attached hydrogens (tertiary/aromatic N) is 1. The van der Waals surface area contributed by atoms with Gasteiger partial charge in [-0.25, -0.2) is 4.79 Å². The maximum Gasteiger partial charge on any atom is 0.411 e. The number of methoxy groups -OCH3 is 1. The third-order valence-corrected chi connectivity index (χ3v) is 4.44. The molecular formula is C16H16N2O8S. The second-order valence-electron chi connectivity index (χ2n) is 5.00. The Morgan fingerprint density at radius 3 is 2.59 bits per heavy atom. The van der Waals surface area contributed by atoms with Crippen molar-refractivity contribution in [1.29, 1.82) is 0 Å². The molecule has 0 aliphatic heterocycles. The number of hydrogen-bond donors (Lipinski definition) is 1. The molecule has 0 aromatic heterocycles. The van der Waals surface area contributed by atoms with Crippen molar-refractivity contribution in [1.82, 2.24) is 0 Å². The summed E-state index contributed by atoms with van der Waals surface area (Å²) in [6, 6.07) is 8.72. The van der Waals surface area contributed by atoms with Crippen molar-refractivity contribution in [3.05, 3.63) is 52.6 Å². The van der Waals surface area contributed by atoms with Crippen molar-refractivity contribution in [2.24, 2.45) is 0 Å². The fraction of sp³-hybridized carbons (Fsp3) is 0.188. The number of carbonyl (C=O) groups is 1. The smallest absolute Gasteiger partial charge is 0.411 e. The number of carbonyl (C=O) groups excluding carboxylic acids is 1. The van der Waals surface area contributed by atoms with E-state index in [4.69, 9.17) is 13.7 Å². The SMILES string of the molecule is CCOC(=O)Nc1cccc(OS(=O)(=O)c2ccc(OC)c([N+](=O)[O-])c2)c1. The van der Waals surface area contributed by atoms with E-state index in [1.54, 1.807) is 6.92 Å². The minimum atomic E-state index is -4.35. The molecule has 0 saturated heterocycles. The van der Waals surface area contributed by atoms with Gasteiger partial charge in [0.2, 0.25) is 0 Å². The molecule has 27 heavy (non-hydrogen) atoms. The van der Waals surface area contributed by atoms with Crippen LogP contribution >= 0.6 is 0 Å². The number of anilines is 1. The zero-order valence-electron chi connectivity index (χ0n) is 14.4. The van der Waals surface area contributed by atoms with Crippen molar-refractivity contribution in [3.63, 3.8) is 0 Å². The average molecular weight is 396 g/mol. The summed E-state index contributed by atoms with van der Waals surface area (Å²) in [5.74, 6) is -0.178. The van der Waals surface area contributed by atoms with Crippen LogP contribution < -0.4 is 14.2 Å². The van der Waals surface area contributed by atoms with Gasteiger partial charge in [-0.05, 0) is 31.2 Å². The normalized spacial score (nSPS) is 10.7. The van der Waals surface area contributed by atoms with E-state index < -0.39 is 31.7 Å². The lowest BCUT2D eigenvalue weighted by molar-refractivity contribution is -0.386. The van der Waals surface area contributed by atoms with Gasteiger partial charge in [-0.1, -0.05) is 6.07 Å². The van der Waals surface area contributed by atoms with Crippen LogP contribution in [0.2, 0.25) is 0 Å². The summed E-state index contributed by atoms with van der Waals surface area (Å²) < 4.78 is 39.4. The number of benzene rings is 2. The minimum Gasteiger partial charge on any atom is -0.490 e. The predicted molar refractivity (Wildman–Crippen MR) is 94.5 cm³/mol. The number of hydrogen-bond acceptors (Lipinski definition) is 8. The Morgan fingerprint density at radius 2 is 1.96 bits per heavy atom. The second kappa shape index (κ2) is 8.36. The van der Waals surface area contributed by atoms with Gasteiger partial charge in [-0.3, -0.25) is 15.4 Å². The van der Waals surface area contributed by atoms with E-state index in [2.05, 4.69) is 5.32 Å². The van der Waals surface area contributed by atoms with Crippen LogP contribution in [0.5, 0.6) is 11.5 Å². The molecule has 0 fully saturated rings. The van der Waals surface area contributed by atoms with Crippen LogP contribution in [-0.4, -0.2) is 33.2 Å². The lowest BCUT2D eigenvalue weighted by Crippen LogP contribution is -2.14. The van der Waals surface area contributed by atoms with E-state index in [1.165, 1.54) is 31.4 Å². The molecule has 2 aromatic rings. The van der Waals surface area contributed by atoms with Gasteiger partial charge in [0.05, 0.1) is 18.6 Å². The third kappa shape index (κ3) is 5.07. The van der Waals surface area contributed by atoms with Gasteiger partial charge in [0.1, 0.15) is 10.6 Å². The lowest BCUT2D eigenvalue weighted by Gasteiger charge is -2.10. The summed E-state index contributed by atoms with van der Waals surface area (Å²) in [5.41, 5.74) is -0.262. The summed E-state index contributed by atoms with van der Waals surface area (Å²) in [4.78, 5) is 21.3. The Morgan fingerprint density at radius 1 is 1.22 bits per heavy atom. The highest BCUT2D eigenvalue weighted by molar-refractivity contribution is 7.87. The maximum atomic E-state index is 12.4. The first-order valence-electron chi connectivity index (χ1n) is 7.57. The quantitative estimate of drug-likeness (QED) is 0.429. The molecule has 2 rings (SSSR count). The molecule has 144 valence electrons. The van der Waals surface area contributed by atoms with Crippen LogP contribution in [0.1, 0.15) is 6.92 Å². The zero-order valence-corrected chi connectivity index (χ0v) is 15.2. The Kier molecular flexibility index (Phi) is 6.19. The number of nitro groups is 1. The summed E-state index contributed by atoms with van der Waals surface area (Å²) in [6.07, 6.45) is -0.705. The molecule has 1 amide bonds. The molecule has 0 radical (unpaired) electrons. The molecule has 0 unspecified atom stereocenters. The van der Waals surface area contributed by atoms with Crippen molar-refractivity contribution >= 4 is 27.6 Å². The topological polar surface area (TPSA) is 134 Å². The van der Waals surface area contributed by atoms with Gasteiger partial charge >= 0.3 is 21.9 Å². The highest BCUT2D eigenvalue weighted by atomic mass is 32.2. The largest absolute Gasteiger partial charge is 0.490 e. The molecule has 0 bridgehead atoms. The van der Waals surface area contributed by atoms with Crippen LogP contribution in [-0.2, 0) is 14.9 Å². The molecule has 1 N–H and O–H groups in total. The lowest BCUT2D eigenvalue weighted by atomic mass is 10.3. The van der Waals surface area contributed by atoms with Crippen molar-refractivity contribution in [2.75, 3.05) is 19.0 Å². The maximum absolute atomic E-state index is 12.4. The average Bonchev–Trinajstić information content (AvgIpc) is 2.61. The van der Waals surface area contributed by atoms with E-state index in [-0.39, 0.29) is 23.8 Å².